The normalized spacial score (nSPS) is 31.8. The molecule has 0 radical (unpaired) electrons. The third-order valence-electron chi connectivity index (χ3n) is 4.51. The van der Waals surface area contributed by atoms with E-state index in [1.807, 2.05) is 12.1 Å². The average molecular weight is 247 g/mol. The lowest BCUT2D eigenvalue weighted by Gasteiger charge is -2.18. The molecule has 0 bridgehead atoms. The van der Waals surface area contributed by atoms with E-state index in [9.17, 15) is 5.11 Å². The summed E-state index contributed by atoms with van der Waals surface area (Å²) in [6.07, 6.45) is 2.11. The van der Waals surface area contributed by atoms with E-state index < -0.39 is 0 Å². The molecule has 3 atom stereocenters. The fourth-order valence-electron chi connectivity index (χ4n) is 3.47. The summed E-state index contributed by atoms with van der Waals surface area (Å²) in [4.78, 5) is 2.45. The van der Waals surface area contributed by atoms with Crippen molar-refractivity contribution in [2.24, 2.45) is 11.8 Å². The zero-order valence-corrected chi connectivity index (χ0v) is 10.6. The second kappa shape index (κ2) is 5.00. The Hall–Kier alpha value is -0.900. The van der Waals surface area contributed by atoms with Gasteiger partial charge < -0.3 is 10.2 Å². The molecule has 2 aliphatic rings. The highest BCUT2D eigenvalue weighted by Gasteiger charge is 2.41. The van der Waals surface area contributed by atoms with Gasteiger partial charge in [-0.05, 0) is 29.9 Å². The summed E-state index contributed by atoms with van der Waals surface area (Å²) < 4.78 is 0. The van der Waals surface area contributed by atoms with Crippen LogP contribution in [-0.2, 0) is 13.2 Å². The van der Waals surface area contributed by atoms with E-state index in [0.29, 0.717) is 11.8 Å². The number of hydrogen-bond acceptors (Lipinski definition) is 3. The number of aliphatic hydroxyl groups excluding tert-OH is 2. The van der Waals surface area contributed by atoms with Crippen LogP contribution in [0.1, 0.15) is 24.0 Å². The zero-order chi connectivity index (χ0) is 12.5. The molecule has 3 heteroatoms. The van der Waals surface area contributed by atoms with Crippen molar-refractivity contribution < 1.29 is 10.2 Å². The van der Waals surface area contributed by atoms with Crippen LogP contribution in [0, 0.1) is 11.8 Å². The van der Waals surface area contributed by atoms with Crippen LogP contribution in [0.2, 0.25) is 0 Å². The first-order valence-electron chi connectivity index (χ1n) is 6.85. The third kappa shape index (κ3) is 2.30. The van der Waals surface area contributed by atoms with Crippen LogP contribution in [0.5, 0.6) is 0 Å². The van der Waals surface area contributed by atoms with Crippen molar-refractivity contribution in [3.8, 4) is 0 Å². The van der Waals surface area contributed by atoms with Gasteiger partial charge in [-0.25, -0.2) is 0 Å². The summed E-state index contributed by atoms with van der Waals surface area (Å²) in [5, 5.41) is 18.9. The van der Waals surface area contributed by atoms with Crippen molar-refractivity contribution in [1.82, 2.24) is 4.90 Å². The Morgan fingerprint density at radius 3 is 2.44 bits per heavy atom. The predicted molar refractivity (Wildman–Crippen MR) is 69.9 cm³/mol. The summed E-state index contributed by atoms with van der Waals surface area (Å²) in [6, 6.07) is 8.16. The molecule has 98 valence electrons. The topological polar surface area (TPSA) is 43.7 Å². The standard InChI is InChI=1S/C15H21NO2/c17-10-12-3-1-11(2-4-12)7-16-8-13-5-6-15(18)14(13)9-16/h1-4,13-15,17-18H,5-10H2. The molecule has 1 aliphatic heterocycles. The Morgan fingerprint density at radius 2 is 1.78 bits per heavy atom. The Labute approximate surface area is 108 Å². The average Bonchev–Trinajstić information content (AvgIpc) is 2.93. The fourth-order valence-corrected chi connectivity index (χ4v) is 3.47. The molecule has 2 fully saturated rings. The van der Waals surface area contributed by atoms with E-state index in [-0.39, 0.29) is 12.7 Å². The minimum Gasteiger partial charge on any atom is -0.393 e. The molecule has 1 heterocycles. The van der Waals surface area contributed by atoms with Gasteiger partial charge in [-0.1, -0.05) is 24.3 Å². The lowest BCUT2D eigenvalue weighted by molar-refractivity contribution is 0.123. The first-order chi connectivity index (χ1) is 8.76. The number of hydrogen-bond donors (Lipinski definition) is 2. The van der Waals surface area contributed by atoms with E-state index in [4.69, 9.17) is 5.11 Å². The van der Waals surface area contributed by atoms with E-state index in [1.165, 1.54) is 12.0 Å². The number of rotatable bonds is 3. The van der Waals surface area contributed by atoms with Crippen LogP contribution in [0.25, 0.3) is 0 Å². The van der Waals surface area contributed by atoms with Gasteiger partial charge >= 0.3 is 0 Å². The molecule has 3 rings (SSSR count). The van der Waals surface area contributed by atoms with Crippen LogP contribution in [0.15, 0.2) is 24.3 Å². The van der Waals surface area contributed by atoms with Crippen molar-refractivity contribution in [3.05, 3.63) is 35.4 Å². The number of aliphatic hydroxyl groups is 2. The van der Waals surface area contributed by atoms with E-state index >= 15 is 0 Å². The molecule has 0 spiro atoms. The highest BCUT2D eigenvalue weighted by molar-refractivity contribution is 5.22. The van der Waals surface area contributed by atoms with Crippen molar-refractivity contribution in [2.75, 3.05) is 13.1 Å². The minimum absolute atomic E-state index is 0.0724. The number of likely N-dealkylation sites (tertiary alicyclic amines) is 1. The van der Waals surface area contributed by atoms with Gasteiger partial charge in [0.1, 0.15) is 0 Å². The molecular formula is C15H21NO2. The molecule has 1 aliphatic carbocycles. The molecule has 3 nitrogen and oxygen atoms in total. The predicted octanol–water partition coefficient (Wildman–Crippen LogP) is 1.38. The largest absolute Gasteiger partial charge is 0.393 e. The fraction of sp³-hybridized carbons (Fsp3) is 0.600. The molecule has 18 heavy (non-hydrogen) atoms. The van der Waals surface area contributed by atoms with Crippen LogP contribution in [0.3, 0.4) is 0 Å². The molecule has 1 saturated heterocycles. The van der Waals surface area contributed by atoms with Crippen LogP contribution >= 0.6 is 0 Å². The molecular weight excluding hydrogens is 226 g/mol. The van der Waals surface area contributed by atoms with E-state index in [2.05, 4.69) is 17.0 Å². The SMILES string of the molecule is OCc1ccc(CN2CC3CCC(O)C3C2)cc1. The van der Waals surface area contributed by atoms with E-state index in [1.54, 1.807) is 0 Å². The van der Waals surface area contributed by atoms with Gasteiger partial charge in [0.05, 0.1) is 12.7 Å². The maximum Gasteiger partial charge on any atom is 0.0681 e. The maximum atomic E-state index is 9.90. The number of fused-ring (bicyclic) bond motifs is 1. The Morgan fingerprint density at radius 1 is 1.06 bits per heavy atom. The first-order valence-corrected chi connectivity index (χ1v) is 6.85. The molecule has 1 saturated carbocycles. The Kier molecular flexibility index (Phi) is 3.37. The molecule has 1 aromatic carbocycles. The van der Waals surface area contributed by atoms with Gasteiger partial charge in [-0.3, -0.25) is 4.90 Å². The van der Waals surface area contributed by atoms with Crippen LogP contribution in [0.4, 0.5) is 0 Å². The van der Waals surface area contributed by atoms with Gasteiger partial charge in [0.15, 0.2) is 0 Å². The highest BCUT2D eigenvalue weighted by atomic mass is 16.3. The first kappa shape index (κ1) is 12.2. The van der Waals surface area contributed by atoms with Crippen molar-refractivity contribution in [1.29, 1.82) is 0 Å². The number of nitrogens with zero attached hydrogens (tertiary/aromatic N) is 1. The molecule has 0 aromatic heterocycles. The van der Waals surface area contributed by atoms with Gasteiger partial charge in [-0.15, -0.1) is 0 Å². The van der Waals surface area contributed by atoms with Gasteiger partial charge in [-0.2, -0.15) is 0 Å². The minimum atomic E-state index is -0.0724. The Balaban J connectivity index is 1.60. The van der Waals surface area contributed by atoms with E-state index in [0.717, 1.165) is 31.6 Å². The molecule has 1 aromatic rings. The van der Waals surface area contributed by atoms with Crippen molar-refractivity contribution >= 4 is 0 Å². The van der Waals surface area contributed by atoms with Crippen molar-refractivity contribution in [2.45, 2.75) is 32.1 Å². The van der Waals surface area contributed by atoms with Crippen LogP contribution in [-0.4, -0.2) is 34.3 Å². The summed E-state index contributed by atoms with van der Waals surface area (Å²) in [5.41, 5.74) is 2.26. The molecule has 3 unspecified atom stereocenters. The summed E-state index contributed by atoms with van der Waals surface area (Å²) in [5.74, 6) is 1.21. The molecule has 0 amide bonds. The maximum absolute atomic E-state index is 9.90. The monoisotopic (exact) mass is 247 g/mol. The summed E-state index contributed by atoms with van der Waals surface area (Å²) >= 11 is 0. The lowest BCUT2D eigenvalue weighted by atomic mass is 10.00. The van der Waals surface area contributed by atoms with Gasteiger partial charge in [0, 0.05) is 25.6 Å². The molecule has 2 N–H and O–H groups in total. The Bertz CT molecular complexity index is 403. The zero-order valence-electron chi connectivity index (χ0n) is 10.6. The lowest BCUT2D eigenvalue weighted by Crippen LogP contribution is -2.24. The van der Waals surface area contributed by atoms with Crippen LogP contribution < -0.4 is 0 Å². The second-order valence-electron chi connectivity index (χ2n) is 5.74. The van der Waals surface area contributed by atoms with Crippen molar-refractivity contribution in [3.63, 3.8) is 0 Å². The summed E-state index contributed by atoms with van der Waals surface area (Å²) in [6.45, 7) is 3.24. The second-order valence-corrected chi connectivity index (χ2v) is 5.74. The third-order valence-corrected chi connectivity index (χ3v) is 4.51. The highest BCUT2D eigenvalue weighted by Crippen LogP contribution is 2.38. The quantitative estimate of drug-likeness (QED) is 0.848. The van der Waals surface area contributed by atoms with Gasteiger partial charge in [0.25, 0.3) is 0 Å². The number of benzene rings is 1. The smallest absolute Gasteiger partial charge is 0.0681 e. The van der Waals surface area contributed by atoms with Gasteiger partial charge in [0.2, 0.25) is 0 Å². The summed E-state index contributed by atoms with van der Waals surface area (Å²) in [7, 11) is 0.